The van der Waals surface area contributed by atoms with E-state index in [4.69, 9.17) is 0 Å². The van der Waals surface area contributed by atoms with Crippen LogP contribution in [-0.2, 0) is 34.5 Å². The van der Waals surface area contributed by atoms with E-state index >= 15 is 0 Å². The number of carbonyl (C=O) groups excluding carboxylic acids is 4. The van der Waals surface area contributed by atoms with Gasteiger partial charge in [-0.2, -0.15) is 0 Å². The van der Waals surface area contributed by atoms with Gasteiger partial charge in [-0.3, -0.25) is 14.5 Å². The summed E-state index contributed by atoms with van der Waals surface area (Å²) in [6.45, 7) is 0.00611. The predicted octanol–water partition coefficient (Wildman–Crippen LogP) is 3.02. The molecule has 38 heavy (non-hydrogen) atoms. The molecule has 2 aromatic carbocycles. The van der Waals surface area contributed by atoms with Crippen LogP contribution in [0, 0.1) is 11.7 Å². The minimum Gasteiger partial charge on any atom is -0.341 e. The molecule has 0 radical (unpaired) electrons. The van der Waals surface area contributed by atoms with Crippen molar-refractivity contribution in [2.45, 2.75) is 56.7 Å². The summed E-state index contributed by atoms with van der Waals surface area (Å²) in [7, 11) is 1.53. The highest BCUT2D eigenvalue weighted by atomic mass is 19.1. The van der Waals surface area contributed by atoms with E-state index in [0.717, 1.165) is 40.9 Å². The number of hydrogen-bond donors (Lipinski definition) is 3. The Morgan fingerprint density at radius 3 is 2.63 bits per heavy atom. The van der Waals surface area contributed by atoms with Gasteiger partial charge in [-0.1, -0.05) is 12.1 Å². The van der Waals surface area contributed by atoms with Crippen LogP contribution in [0.3, 0.4) is 0 Å². The van der Waals surface area contributed by atoms with Crippen molar-refractivity contribution in [1.82, 2.24) is 20.4 Å². The number of anilines is 1. The van der Waals surface area contributed by atoms with E-state index in [-0.39, 0.29) is 30.3 Å². The number of halogens is 1. The van der Waals surface area contributed by atoms with Crippen molar-refractivity contribution in [3.8, 4) is 0 Å². The zero-order valence-corrected chi connectivity index (χ0v) is 21.2. The van der Waals surface area contributed by atoms with Crippen molar-refractivity contribution in [2.75, 3.05) is 18.9 Å². The molecule has 0 aromatic heterocycles. The number of benzene rings is 2. The van der Waals surface area contributed by atoms with E-state index in [0.29, 0.717) is 43.0 Å². The molecule has 1 unspecified atom stereocenters. The van der Waals surface area contributed by atoms with E-state index in [1.165, 1.54) is 13.1 Å². The van der Waals surface area contributed by atoms with Crippen molar-refractivity contribution in [3.63, 3.8) is 0 Å². The molecule has 6 amide bonds. The molecular weight excluding hydrogens is 489 g/mol. The molecule has 1 saturated heterocycles. The fourth-order valence-electron chi connectivity index (χ4n) is 6.28. The molecule has 10 heteroatoms. The average molecular weight is 520 g/mol. The van der Waals surface area contributed by atoms with E-state index < -0.39 is 17.5 Å². The number of amides is 6. The Kier molecular flexibility index (Phi) is 5.85. The maximum absolute atomic E-state index is 13.9. The van der Waals surface area contributed by atoms with Gasteiger partial charge in [0, 0.05) is 25.3 Å². The topological polar surface area (TPSA) is 111 Å². The lowest BCUT2D eigenvalue weighted by Gasteiger charge is -2.31. The summed E-state index contributed by atoms with van der Waals surface area (Å²) in [5.74, 6) is -0.596. The van der Waals surface area contributed by atoms with Gasteiger partial charge < -0.3 is 20.9 Å². The third-order valence-corrected chi connectivity index (χ3v) is 8.39. The van der Waals surface area contributed by atoms with Crippen LogP contribution in [-0.4, -0.2) is 53.3 Å². The molecule has 2 aliphatic carbocycles. The van der Waals surface area contributed by atoms with Crippen LogP contribution in [0.5, 0.6) is 0 Å². The largest absolute Gasteiger partial charge is 0.341 e. The second kappa shape index (κ2) is 9.11. The molecule has 2 heterocycles. The van der Waals surface area contributed by atoms with Crippen molar-refractivity contribution in [2.24, 2.45) is 5.92 Å². The molecule has 9 nitrogen and oxygen atoms in total. The molecule has 2 aromatic rings. The van der Waals surface area contributed by atoms with E-state index in [9.17, 15) is 23.6 Å². The van der Waals surface area contributed by atoms with E-state index in [1.54, 1.807) is 29.2 Å². The van der Waals surface area contributed by atoms with Gasteiger partial charge in [-0.15, -0.1) is 0 Å². The summed E-state index contributed by atoms with van der Waals surface area (Å²) in [6, 6.07) is 9.02. The first-order chi connectivity index (χ1) is 18.3. The second-order valence-electron chi connectivity index (χ2n) is 10.7. The van der Waals surface area contributed by atoms with Crippen molar-refractivity contribution >= 4 is 29.6 Å². The number of fused-ring (bicyclic) bond motifs is 3. The van der Waals surface area contributed by atoms with Gasteiger partial charge in [-0.05, 0) is 91.0 Å². The maximum atomic E-state index is 13.9. The van der Waals surface area contributed by atoms with Crippen LogP contribution in [0.15, 0.2) is 36.4 Å². The third kappa shape index (κ3) is 4.08. The number of urea groups is 2. The highest BCUT2D eigenvalue weighted by Crippen LogP contribution is 2.43. The molecule has 2 atom stereocenters. The summed E-state index contributed by atoms with van der Waals surface area (Å²) in [6.07, 6.45) is 4.44. The number of nitrogens with one attached hydrogen (secondary N) is 3. The van der Waals surface area contributed by atoms with Gasteiger partial charge in [0.2, 0.25) is 5.91 Å². The van der Waals surface area contributed by atoms with Crippen LogP contribution in [0.4, 0.5) is 19.7 Å². The molecule has 2 fully saturated rings. The summed E-state index contributed by atoms with van der Waals surface area (Å²) < 4.78 is 13.9. The fourth-order valence-corrected chi connectivity index (χ4v) is 6.28. The number of hydrogen-bond acceptors (Lipinski definition) is 4. The Hall–Kier alpha value is -3.95. The monoisotopic (exact) mass is 519 g/mol. The van der Waals surface area contributed by atoms with Crippen molar-refractivity contribution in [1.29, 1.82) is 0 Å². The lowest BCUT2D eigenvalue weighted by Crippen LogP contribution is -2.48. The van der Waals surface area contributed by atoms with Gasteiger partial charge in [0.05, 0.1) is 0 Å². The first-order valence-corrected chi connectivity index (χ1v) is 13.1. The van der Waals surface area contributed by atoms with Gasteiger partial charge in [0.25, 0.3) is 5.91 Å². The zero-order valence-electron chi connectivity index (χ0n) is 21.2. The van der Waals surface area contributed by atoms with Crippen molar-refractivity contribution < 1.29 is 23.6 Å². The van der Waals surface area contributed by atoms with Crippen LogP contribution >= 0.6 is 0 Å². The minimum absolute atomic E-state index is 0.00568. The third-order valence-electron chi connectivity index (χ3n) is 8.39. The number of carbonyl (C=O) groups is 4. The first-order valence-electron chi connectivity index (χ1n) is 13.1. The highest BCUT2D eigenvalue weighted by molar-refractivity contribution is 6.10. The molecule has 3 N–H and O–H groups in total. The van der Waals surface area contributed by atoms with Crippen LogP contribution in [0.1, 0.15) is 47.9 Å². The van der Waals surface area contributed by atoms with Gasteiger partial charge in [0.1, 0.15) is 17.9 Å². The number of aryl methyl sites for hydroxylation is 2. The van der Waals surface area contributed by atoms with Gasteiger partial charge in [0.15, 0.2) is 0 Å². The van der Waals surface area contributed by atoms with Gasteiger partial charge >= 0.3 is 12.1 Å². The number of imide groups is 1. The lowest BCUT2D eigenvalue weighted by molar-refractivity contribution is -0.141. The van der Waals surface area contributed by atoms with Crippen LogP contribution in [0.2, 0.25) is 0 Å². The summed E-state index contributed by atoms with van der Waals surface area (Å²) >= 11 is 0. The van der Waals surface area contributed by atoms with Crippen molar-refractivity contribution in [3.05, 3.63) is 64.5 Å². The Bertz CT molecular complexity index is 1360. The average Bonchev–Trinajstić information content (AvgIpc) is 3.66. The molecule has 1 saturated carbocycles. The smallest absolute Gasteiger partial charge is 0.325 e. The van der Waals surface area contributed by atoms with Crippen LogP contribution < -0.4 is 16.0 Å². The predicted molar refractivity (Wildman–Crippen MR) is 137 cm³/mol. The maximum Gasteiger partial charge on any atom is 0.325 e. The molecule has 198 valence electrons. The normalized spacial score (nSPS) is 24.1. The molecule has 6 rings (SSSR count). The SMILES string of the molecule is CNC(=O)Nc1ccc2c(c1)CCC21NC(=O)N(CC(=O)N2Cc3ccc(F)cc3CC[C@H]2C2CC2)C1=O. The molecule has 4 aliphatic rings. The Balaban J connectivity index is 1.23. The summed E-state index contributed by atoms with van der Waals surface area (Å²) in [4.78, 5) is 55.0. The molecule has 1 spiro atoms. The lowest BCUT2D eigenvalue weighted by atomic mass is 9.91. The summed E-state index contributed by atoms with van der Waals surface area (Å²) in [5, 5.41) is 8.09. The first kappa shape index (κ1) is 24.4. The molecular formula is C28H30FN5O4. The zero-order chi connectivity index (χ0) is 26.6. The van der Waals surface area contributed by atoms with Crippen LogP contribution in [0.25, 0.3) is 0 Å². The number of nitrogens with zero attached hydrogens (tertiary/aromatic N) is 2. The quantitative estimate of drug-likeness (QED) is 0.540. The Morgan fingerprint density at radius 2 is 1.87 bits per heavy atom. The highest BCUT2D eigenvalue weighted by Gasteiger charge is 2.56. The molecule has 2 aliphatic heterocycles. The van der Waals surface area contributed by atoms with E-state index in [1.807, 2.05) is 6.07 Å². The Labute approximate surface area is 219 Å². The second-order valence-corrected chi connectivity index (χ2v) is 10.7. The molecule has 0 bridgehead atoms. The standard InChI is InChI=1S/C28H30FN5O4/c1-30-26(37)31-21-7-8-22-18(13-21)10-11-28(22)25(36)34(27(38)32-28)15-24(35)33-14-19-4-6-20(29)12-17(19)5-9-23(33)16-2-3-16/h4,6-8,12-13,16,23H,2-3,5,9-11,14-15H2,1H3,(H,32,38)(H2,30,31,37)/t23-,28?/m0/s1. The van der Waals surface area contributed by atoms with E-state index in [2.05, 4.69) is 16.0 Å². The number of rotatable bonds is 4. The fraction of sp³-hybridized carbons (Fsp3) is 0.429. The Morgan fingerprint density at radius 1 is 1.05 bits per heavy atom. The summed E-state index contributed by atoms with van der Waals surface area (Å²) in [5.41, 5.74) is 2.75. The minimum atomic E-state index is -1.21. The van der Waals surface area contributed by atoms with Gasteiger partial charge in [-0.25, -0.2) is 14.0 Å².